The van der Waals surface area contributed by atoms with Crippen LogP contribution in [0, 0.1) is 11.8 Å². The van der Waals surface area contributed by atoms with Gasteiger partial charge >= 0.3 is 0 Å². The normalized spacial score (nSPS) is 9.85. The predicted octanol–water partition coefficient (Wildman–Crippen LogP) is 1.67. The molecule has 0 unspecified atom stereocenters. The molecule has 0 amide bonds. The van der Waals surface area contributed by atoms with Gasteiger partial charge in [0.25, 0.3) is 0 Å². The molecule has 20 heavy (non-hydrogen) atoms. The standard InChI is InChI=1S/C15H11N5/c1-20-10-14(9-19-20)15-5-4-12(8-18-15)2-3-13-6-16-11-17-7-13/h4-11H,1H3. The fourth-order valence-electron chi connectivity index (χ4n) is 1.70. The van der Waals surface area contributed by atoms with E-state index in [1.807, 2.05) is 25.4 Å². The summed E-state index contributed by atoms with van der Waals surface area (Å²) in [5.41, 5.74) is 3.50. The SMILES string of the molecule is Cn1cc(-c2ccc(C#Cc3cncnc3)cn2)cn1. The number of aryl methyl sites for hydroxylation is 1. The molecule has 3 heterocycles. The van der Waals surface area contributed by atoms with Gasteiger partial charge in [0.15, 0.2) is 0 Å². The maximum Gasteiger partial charge on any atom is 0.115 e. The first-order chi connectivity index (χ1) is 9.81. The third-order valence-electron chi connectivity index (χ3n) is 2.68. The van der Waals surface area contributed by atoms with Crippen LogP contribution in [0.4, 0.5) is 0 Å². The van der Waals surface area contributed by atoms with E-state index in [1.165, 1.54) is 6.33 Å². The van der Waals surface area contributed by atoms with Gasteiger partial charge in [-0.15, -0.1) is 0 Å². The summed E-state index contributed by atoms with van der Waals surface area (Å²) in [6.07, 6.45) is 10.3. The molecule has 0 atom stereocenters. The fraction of sp³-hybridized carbons (Fsp3) is 0.0667. The second-order valence-corrected chi connectivity index (χ2v) is 4.21. The number of rotatable bonds is 1. The summed E-state index contributed by atoms with van der Waals surface area (Å²) in [5.74, 6) is 6.02. The van der Waals surface area contributed by atoms with Crippen molar-refractivity contribution in [2.75, 3.05) is 0 Å². The van der Waals surface area contributed by atoms with E-state index in [-0.39, 0.29) is 0 Å². The van der Waals surface area contributed by atoms with Crippen LogP contribution in [0.1, 0.15) is 11.1 Å². The first-order valence-electron chi connectivity index (χ1n) is 6.03. The fourth-order valence-corrected chi connectivity index (χ4v) is 1.70. The second-order valence-electron chi connectivity index (χ2n) is 4.21. The van der Waals surface area contributed by atoms with Crippen molar-refractivity contribution in [3.8, 4) is 23.1 Å². The third kappa shape index (κ3) is 2.70. The zero-order valence-electron chi connectivity index (χ0n) is 10.9. The summed E-state index contributed by atoms with van der Waals surface area (Å²) in [6.45, 7) is 0. The van der Waals surface area contributed by atoms with Gasteiger partial charge in [0.1, 0.15) is 6.33 Å². The van der Waals surface area contributed by atoms with E-state index >= 15 is 0 Å². The molecule has 96 valence electrons. The second kappa shape index (κ2) is 5.33. The molecule has 0 radical (unpaired) electrons. The minimum absolute atomic E-state index is 0.781. The monoisotopic (exact) mass is 261 g/mol. The van der Waals surface area contributed by atoms with E-state index in [1.54, 1.807) is 29.5 Å². The zero-order valence-corrected chi connectivity index (χ0v) is 10.9. The van der Waals surface area contributed by atoms with Crippen LogP contribution in [-0.4, -0.2) is 24.7 Å². The first kappa shape index (κ1) is 12.1. The third-order valence-corrected chi connectivity index (χ3v) is 2.68. The molecule has 3 aromatic rings. The molecule has 0 spiro atoms. The van der Waals surface area contributed by atoms with Gasteiger partial charge in [0.05, 0.1) is 17.5 Å². The van der Waals surface area contributed by atoms with Crippen LogP contribution in [0.3, 0.4) is 0 Å². The largest absolute Gasteiger partial charge is 0.275 e. The number of aromatic nitrogens is 5. The van der Waals surface area contributed by atoms with Crippen LogP contribution in [0.15, 0.2) is 49.4 Å². The van der Waals surface area contributed by atoms with Crippen LogP contribution in [-0.2, 0) is 7.05 Å². The lowest BCUT2D eigenvalue weighted by atomic mass is 10.2. The van der Waals surface area contributed by atoms with Crippen molar-refractivity contribution < 1.29 is 0 Å². The molecule has 3 aromatic heterocycles. The Morgan fingerprint density at radius 2 is 1.75 bits per heavy atom. The summed E-state index contributed by atoms with van der Waals surface area (Å²) < 4.78 is 1.75. The van der Waals surface area contributed by atoms with Crippen molar-refractivity contribution in [2.45, 2.75) is 0 Å². The molecular weight excluding hydrogens is 250 g/mol. The van der Waals surface area contributed by atoms with E-state index in [2.05, 4.69) is 31.9 Å². The molecule has 0 aromatic carbocycles. The van der Waals surface area contributed by atoms with Gasteiger partial charge in [-0.05, 0) is 12.1 Å². The molecule has 0 saturated heterocycles. The summed E-state index contributed by atoms with van der Waals surface area (Å²) >= 11 is 0. The van der Waals surface area contributed by atoms with Crippen molar-refractivity contribution in [1.29, 1.82) is 0 Å². The summed E-state index contributed by atoms with van der Waals surface area (Å²) in [7, 11) is 1.88. The lowest BCUT2D eigenvalue weighted by Gasteiger charge is -1.95. The zero-order chi connectivity index (χ0) is 13.8. The van der Waals surface area contributed by atoms with Crippen LogP contribution in [0.5, 0.6) is 0 Å². The smallest absolute Gasteiger partial charge is 0.115 e. The van der Waals surface area contributed by atoms with Crippen molar-refractivity contribution in [1.82, 2.24) is 24.7 Å². The highest BCUT2D eigenvalue weighted by molar-refractivity contribution is 5.57. The Hall–Kier alpha value is -3.00. The quantitative estimate of drug-likeness (QED) is 0.625. The van der Waals surface area contributed by atoms with Crippen molar-refractivity contribution >= 4 is 0 Å². The lowest BCUT2D eigenvalue weighted by molar-refractivity contribution is 0.768. The van der Waals surface area contributed by atoms with Gasteiger partial charge in [-0.1, -0.05) is 11.8 Å². The Kier molecular flexibility index (Phi) is 3.21. The molecule has 0 N–H and O–H groups in total. The van der Waals surface area contributed by atoms with Crippen LogP contribution >= 0.6 is 0 Å². The van der Waals surface area contributed by atoms with Gasteiger partial charge in [-0.25, -0.2) is 9.97 Å². The van der Waals surface area contributed by atoms with Gasteiger partial charge in [-0.2, -0.15) is 5.10 Å². The summed E-state index contributed by atoms with van der Waals surface area (Å²) in [4.78, 5) is 12.2. The molecule has 0 aliphatic rings. The number of hydrogen-bond acceptors (Lipinski definition) is 4. The first-order valence-corrected chi connectivity index (χ1v) is 6.03. The number of nitrogens with zero attached hydrogens (tertiary/aromatic N) is 5. The van der Waals surface area contributed by atoms with Gasteiger partial charge in [0.2, 0.25) is 0 Å². The van der Waals surface area contributed by atoms with Gasteiger partial charge in [0, 0.05) is 43.0 Å². The molecule has 0 aliphatic heterocycles. The molecular formula is C15H11N5. The molecule has 5 nitrogen and oxygen atoms in total. The van der Waals surface area contributed by atoms with E-state index in [0.717, 1.165) is 22.4 Å². The van der Waals surface area contributed by atoms with Gasteiger partial charge in [-0.3, -0.25) is 9.67 Å². The average Bonchev–Trinajstić information content (AvgIpc) is 2.93. The van der Waals surface area contributed by atoms with Gasteiger partial charge < -0.3 is 0 Å². The van der Waals surface area contributed by atoms with E-state index in [0.29, 0.717) is 0 Å². The number of pyridine rings is 1. The Labute approximate surface area is 116 Å². The molecule has 3 rings (SSSR count). The highest BCUT2D eigenvalue weighted by Crippen LogP contribution is 2.15. The maximum absolute atomic E-state index is 4.39. The Morgan fingerprint density at radius 1 is 0.950 bits per heavy atom. The van der Waals surface area contributed by atoms with Crippen molar-refractivity contribution in [2.24, 2.45) is 7.05 Å². The highest BCUT2D eigenvalue weighted by Gasteiger charge is 2.00. The molecule has 5 heteroatoms. The summed E-state index contributed by atoms with van der Waals surface area (Å²) in [5, 5.41) is 4.13. The lowest BCUT2D eigenvalue weighted by Crippen LogP contribution is -1.85. The molecule has 0 aliphatic carbocycles. The average molecular weight is 261 g/mol. The Balaban J connectivity index is 1.82. The van der Waals surface area contributed by atoms with E-state index < -0.39 is 0 Å². The molecule has 0 saturated carbocycles. The van der Waals surface area contributed by atoms with Crippen LogP contribution < -0.4 is 0 Å². The number of hydrogen-bond donors (Lipinski definition) is 0. The van der Waals surface area contributed by atoms with Crippen molar-refractivity contribution in [3.05, 3.63) is 60.6 Å². The van der Waals surface area contributed by atoms with Crippen LogP contribution in [0.25, 0.3) is 11.3 Å². The van der Waals surface area contributed by atoms with E-state index in [4.69, 9.17) is 0 Å². The minimum Gasteiger partial charge on any atom is -0.275 e. The maximum atomic E-state index is 4.39. The Morgan fingerprint density at radius 3 is 2.40 bits per heavy atom. The predicted molar refractivity (Wildman–Crippen MR) is 74.5 cm³/mol. The van der Waals surface area contributed by atoms with Crippen LogP contribution in [0.2, 0.25) is 0 Å². The highest BCUT2D eigenvalue weighted by atomic mass is 15.2. The Bertz CT molecular complexity index is 763. The molecule has 0 bridgehead atoms. The topological polar surface area (TPSA) is 56.5 Å². The van der Waals surface area contributed by atoms with Crippen molar-refractivity contribution in [3.63, 3.8) is 0 Å². The molecule has 0 fully saturated rings. The summed E-state index contributed by atoms with van der Waals surface area (Å²) in [6, 6.07) is 3.87. The van der Waals surface area contributed by atoms with E-state index in [9.17, 15) is 0 Å². The minimum atomic E-state index is 0.781.